The van der Waals surface area contributed by atoms with Crippen molar-refractivity contribution in [2.45, 2.75) is 58.8 Å². The number of imidazole rings is 1. The number of benzene rings is 3. The third-order valence-corrected chi connectivity index (χ3v) is 7.91. The highest BCUT2D eigenvalue weighted by Gasteiger charge is 2.26. The largest absolute Gasteiger partial charge is 0.481 e. The predicted molar refractivity (Wildman–Crippen MR) is 161 cm³/mol. The van der Waals surface area contributed by atoms with Gasteiger partial charge in [-0.3, -0.25) is 14.3 Å². The summed E-state index contributed by atoms with van der Waals surface area (Å²) in [6.07, 6.45) is 4.19. The third kappa shape index (κ3) is 6.15. The lowest BCUT2D eigenvalue weighted by atomic mass is 9.83. The third-order valence-electron chi connectivity index (χ3n) is 7.91. The Morgan fingerprint density at radius 1 is 0.825 bits per heavy atom. The van der Waals surface area contributed by atoms with Crippen molar-refractivity contribution in [3.05, 3.63) is 125 Å². The zero-order valence-corrected chi connectivity index (χ0v) is 23.5. The molecule has 0 saturated heterocycles. The minimum absolute atomic E-state index is 0.103. The number of rotatable bonds is 11. The molecule has 2 aromatic heterocycles. The molecule has 2 atom stereocenters. The number of hydrogen-bond acceptors (Lipinski definition) is 3. The van der Waals surface area contributed by atoms with Crippen LogP contribution in [0.4, 0.5) is 0 Å². The average Bonchev–Trinajstić information content (AvgIpc) is 3.32. The summed E-state index contributed by atoms with van der Waals surface area (Å²) < 4.78 is 2.25. The second kappa shape index (κ2) is 12.3. The molecule has 0 aliphatic rings. The summed E-state index contributed by atoms with van der Waals surface area (Å²) in [6, 6.07) is 31.2. The van der Waals surface area contributed by atoms with Gasteiger partial charge in [-0.15, -0.1) is 0 Å². The van der Waals surface area contributed by atoms with E-state index in [2.05, 4.69) is 76.3 Å². The van der Waals surface area contributed by atoms with Crippen molar-refractivity contribution in [2.24, 2.45) is 5.92 Å². The van der Waals surface area contributed by atoms with E-state index in [-0.39, 0.29) is 5.92 Å². The molecule has 0 bridgehead atoms. The number of aliphatic carboxylic acids is 1. The molecule has 40 heavy (non-hydrogen) atoms. The Hall–Kier alpha value is -4.25. The number of carbonyl (C=O) groups is 1. The summed E-state index contributed by atoms with van der Waals surface area (Å²) in [5.41, 5.74) is 8.47. The lowest BCUT2D eigenvalue weighted by molar-refractivity contribution is -0.142. The van der Waals surface area contributed by atoms with E-state index in [0.717, 1.165) is 65.2 Å². The smallest absolute Gasteiger partial charge is 0.307 e. The fraction of sp³-hybridized carbons (Fsp3) is 0.286. The highest BCUT2D eigenvalue weighted by atomic mass is 16.4. The van der Waals surface area contributed by atoms with Crippen LogP contribution in [-0.4, -0.2) is 25.6 Å². The normalized spacial score (nSPS) is 12.9. The molecule has 3 aromatic carbocycles. The van der Waals surface area contributed by atoms with E-state index in [1.165, 1.54) is 11.1 Å². The van der Waals surface area contributed by atoms with Crippen LogP contribution < -0.4 is 0 Å². The standard InChI is InChI=1S/C35H37N3O2/c1-24-23-32-34(26(3)36-24)37-33(16-10-15-27-11-6-4-7-12-27)38(32)30-20-18-29(19-21-30)25(2)31(35(39)40)22-17-28-13-8-5-9-14-28/h4-9,11-14,18-21,23,25,31H,10,15-17,22H2,1-3H3,(H,39,40). The van der Waals surface area contributed by atoms with Gasteiger partial charge in [-0.2, -0.15) is 0 Å². The number of fused-ring (bicyclic) bond motifs is 1. The van der Waals surface area contributed by atoms with Gasteiger partial charge in [-0.1, -0.05) is 79.7 Å². The minimum atomic E-state index is -0.743. The number of nitrogens with zero attached hydrogens (tertiary/aromatic N) is 3. The molecule has 0 aliphatic carbocycles. The molecule has 0 saturated carbocycles. The minimum Gasteiger partial charge on any atom is -0.481 e. The van der Waals surface area contributed by atoms with Gasteiger partial charge >= 0.3 is 5.97 Å². The van der Waals surface area contributed by atoms with Gasteiger partial charge in [0.15, 0.2) is 0 Å². The van der Waals surface area contributed by atoms with Crippen molar-refractivity contribution in [3.8, 4) is 5.69 Å². The SMILES string of the molecule is Cc1cc2c(nc(CCCc3ccccc3)n2-c2ccc(C(C)C(CCc3ccccc3)C(=O)O)cc2)c(C)n1. The maximum absolute atomic E-state index is 12.2. The Kier molecular flexibility index (Phi) is 8.40. The fourth-order valence-electron chi connectivity index (χ4n) is 5.69. The van der Waals surface area contributed by atoms with Crippen molar-refractivity contribution in [1.82, 2.24) is 14.5 Å². The summed E-state index contributed by atoms with van der Waals surface area (Å²) >= 11 is 0. The van der Waals surface area contributed by atoms with Crippen molar-refractivity contribution >= 4 is 17.0 Å². The van der Waals surface area contributed by atoms with Crippen LogP contribution in [0.3, 0.4) is 0 Å². The lowest BCUT2D eigenvalue weighted by Gasteiger charge is -2.21. The van der Waals surface area contributed by atoms with E-state index in [9.17, 15) is 9.90 Å². The van der Waals surface area contributed by atoms with Crippen molar-refractivity contribution < 1.29 is 9.90 Å². The zero-order valence-electron chi connectivity index (χ0n) is 23.5. The molecule has 5 heteroatoms. The Morgan fingerprint density at radius 3 is 2.08 bits per heavy atom. The molecule has 2 heterocycles. The molecule has 5 nitrogen and oxygen atoms in total. The highest BCUT2D eigenvalue weighted by Crippen LogP contribution is 2.31. The fourth-order valence-corrected chi connectivity index (χ4v) is 5.69. The Balaban J connectivity index is 1.40. The summed E-state index contributed by atoms with van der Waals surface area (Å²) in [6.45, 7) is 6.07. The van der Waals surface area contributed by atoms with Gasteiger partial charge in [0.1, 0.15) is 11.3 Å². The molecule has 5 aromatic rings. The number of hydrogen-bond donors (Lipinski definition) is 1. The van der Waals surface area contributed by atoms with Crippen molar-refractivity contribution in [1.29, 1.82) is 0 Å². The Bertz CT molecular complexity index is 1570. The molecule has 1 N–H and O–H groups in total. The number of carboxylic acid groups (broad SMARTS) is 1. The van der Waals surface area contributed by atoms with Crippen LogP contribution in [0.1, 0.15) is 59.6 Å². The first-order valence-corrected chi connectivity index (χ1v) is 14.2. The first-order chi connectivity index (χ1) is 19.4. The van der Waals surface area contributed by atoms with Crippen molar-refractivity contribution in [3.63, 3.8) is 0 Å². The van der Waals surface area contributed by atoms with Crippen LogP contribution in [-0.2, 0) is 24.1 Å². The molecule has 0 radical (unpaired) electrons. The van der Waals surface area contributed by atoms with Gasteiger partial charge in [0.05, 0.1) is 17.1 Å². The van der Waals surface area contributed by atoms with Crippen LogP contribution >= 0.6 is 0 Å². The van der Waals surface area contributed by atoms with Crippen LogP contribution in [0.25, 0.3) is 16.7 Å². The number of aromatic nitrogens is 3. The average molecular weight is 532 g/mol. The molecule has 0 spiro atoms. The molecule has 0 fully saturated rings. The summed E-state index contributed by atoms with van der Waals surface area (Å²) in [4.78, 5) is 21.9. The van der Waals surface area contributed by atoms with Gasteiger partial charge in [0, 0.05) is 17.8 Å². The number of pyridine rings is 1. The second-order valence-electron chi connectivity index (χ2n) is 10.8. The molecule has 204 valence electrons. The Morgan fingerprint density at radius 2 is 1.45 bits per heavy atom. The van der Waals surface area contributed by atoms with Gasteiger partial charge in [0.25, 0.3) is 0 Å². The maximum Gasteiger partial charge on any atom is 0.307 e. The van der Waals surface area contributed by atoms with Crippen LogP contribution in [0.5, 0.6) is 0 Å². The van der Waals surface area contributed by atoms with Crippen LogP contribution in [0.15, 0.2) is 91.0 Å². The van der Waals surface area contributed by atoms with E-state index < -0.39 is 11.9 Å². The predicted octanol–water partition coefficient (Wildman–Crippen LogP) is 7.65. The van der Waals surface area contributed by atoms with Gasteiger partial charge in [0.2, 0.25) is 0 Å². The number of carboxylic acids is 1. The Labute approximate surface area is 236 Å². The van der Waals surface area contributed by atoms with E-state index in [4.69, 9.17) is 4.98 Å². The zero-order chi connectivity index (χ0) is 28.1. The molecule has 2 unspecified atom stereocenters. The van der Waals surface area contributed by atoms with Gasteiger partial charge in [-0.05, 0) is 80.3 Å². The van der Waals surface area contributed by atoms with Gasteiger partial charge in [-0.25, -0.2) is 4.98 Å². The quantitative estimate of drug-likeness (QED) is 0.190. The molecular formula is C35H37N3O2. The second-order valence-corrected chi connectivity index (χ2v) is 10.8. The number of aryl methyl sites for hydroxylation is 5. The summed E-state index contributed by atoms with van der Waals surface area (Å²) in [5, 5.41) is 10.0. The van der Waals surface area contributed by atoms with E-state index in [1.54, 1.807) is 0 Å². The first kappa shape index (κ1) is 27.3. The van der Waals surface area contributed by atoms with E-state index >= 15 is 0 Å². The van der Waals surface area contributed by atoms with E-state index in [1.807, 2.05) is 45.0 Å². The summed E-state index contributed by atoms with van der Waals surface area (Å²) in [5.74, 6) is -0.278. The molecular weight excluding hydrogens is 494 g/mol. The first-order valence-electron chi connectivity index (χ1n) is 14.2. The monoisotopic (exact) mass is 531 g/mol. The molecule has 5 rings (SSSR count). The topological polar surface area (TPSA) is 68.0 Å². The van der Waals surface area contributed by atoms with E-state index in [0.29, 0.717) is 6.42 Å². The van der Waals surface area contributed by atoms with Crippen molar-refractivity contribution in [2.75, 3.05) is 0 Å². The summed E-state index contributed by atoms with van der Waals surface area (Å²) in [7, 11) is 0. The maximum atomic E-state index is 12.2. The van der Waals surface area contributed by atoms with Crippen LogP contribution in [0.2, 0.25) is 0 Å². The molecule has 0 aliphatic heterocycles. The highest BCUT2D eigenvalue weighted by molar-refractivity contribution is 5.80. The molecule has 0 amide bonds. The van der Waals surface area contributed by atoms with Gasteiger partial charge < -0.3 is 5.11 Å². The van der Waals surface area contributed by atoms with Crippen LogP contribution in [0, 0.1) is 19.8 Å². The lowest BCUT2D eigenvalue weighted by Crippen LogP contribution is -2.21.